The zero-order chi connectivity index (χ0) is 19.3. The summed E-state index contributed by atoms with van der Waals surface area (Å²) in [6.07, 6.45) is 2.80. The van der Waals surface area contributed by atoms with Gasteiger partial charge in [-0.2, -0.15) is 0 Å². The molecule has 1 amide bonds. The van der Waals surface area contributed by atoms with Crippen molar-refractivity contribution >= 4 is 17.2 Å². The summed E-state index contributed by atoms with van der Waals surface area (Å²) in [5, 5.41) is 2.51. The van der Waals surface area contributed by atoms with E-state index >= 15 is 0 Å². The van der Waals surface area contributed by atoms with Crippen molar-refractivity contribution < 1.29 is 18.7 Å². The first-order valence-electron chi connectivity index (χ1n) is 9.02. The fraction of sp³-hybridized carbons (Fsp3) is 0.238. The summed E-state index contributed by atoms with van der Waals surface area (Å²) >= 11 is 1.45. The third-order valence-electron chi connectivity index (χ3n) is 4.45. The SMILES string of the molecule is O=C(CCc1cccc(Oc2ccc(F)cc2)c1)N1CC(Oc2nccs2)C1. The molecule has 1 aliphatic rings. The van der Waals surface area contributed by atoms with Gasteiger partial charge in [-0.3, -0.25) is 4.79 Å². The highest BCUT2D eigenvalue weighted by Crippen LogP contribution is 2.24. The Morgan fingerprint density at radius 1 is 1.18 bits per heavy atom. The summed E-state index contributed by atoms with van der Waals surface area (Å²) in [5.74, 6) is 1.05. The number of thiazole rings is 1. The quantitative estimate of drug-likeness (QED) is 0.596. The zero-order valence-corrected chi connectivity index (χ0v) is 15.9. The number of likely N-dealkylation sites (tertiary alicyclic amines) is 1. The molecule has 2 heterocycles. The van der Waals surface area contributed by atoms with Gasteiger partial charge in [-0.15, -0.1) is 0 Å². The second-order valence-electron chi connectivity index (χ2n) is 6.54. The lowest BCUT2D eigenvalue weighted by atomic mass is 10.1. The van der Waals surface area contributed by atoms with E-state index in [2.05, 4.69) is 4.98 Å². The number of hydrogen-bond acceptors (Lipinski definition) is 5. The molecule has 0 bridgehead atoms. The van der Waals surface area contributed by atoms with Gasteiger partial charge in [-0.05, 0) is 48.4 Å². The molecule has 1 aromatic heterocycles. The minimum absolute atomic E-state index is 0.0301. The Kier molecular flexibility index (Phi) is 5.53. The van der Waals surface area contributed by atoms with E-state index in [1.54, 1.807) is 23.2 Å². The van der Waals surface area contributed by atoms with Crippen LogP contribution in [0.1, 0.15) is 12.0 Å². The number of ether oxygens (including phenoxy) is 2. The first kappa shape index (κ1) is 18.4. The molecule has 7 heteroatoms. The van der Waals surface area contributed by atoms with Crippen LogP contribution in [0.25, 0.3) is 0 Å². The fourth-order valence-corrected chi connectivity index (χ4v) is 3.49. The molecule has 0 spiro atoms. The van der Waals surface area contributed by atoms with Gasteiger partial charge in [0.1, 0.15) is 23.4 Å². The summed E-state index contributed by atoms with van der Waals surface area (Å²) in [4.78, 5) is 18.2. The van der Waals surface area contributed by atoms with E-state index in [0.29, 0.717) is 42.6 Å². The summed E-state index contributed by atoms with van der Waals surface area (Å²) in [7, 11) is 0. The summed E-state index contributed by atoms with van der Waals surface area (Å²) < 4.78 is 24.4. The lowest BCUT2D eigenvalue weighted by Crippen LogP contribution is -2.56. The van der Waals surface area contributed by atoms with Crippen molar-refractivity contribution in [1.29, 1.82) is 0 Å². The molecule has 0 atom stereocenters. The highest BCUT2D eigenvalue weighted by molar-refractivity contribution is 7.11. The van der Waals surface area contributed by atoms with Gasteiger partial charge in [0.2, 0.25) is 5.91 Å². The average molecular weight is 398 g/mol. The molecule has 28 heavy (non-hydrogen) atoms. The van der Waals surface area contributed by atoms with Crippen molar-refractivity contribution in [2.75, 3.05) is 13.1 Å². The molecule has 0 aliphatic carbocycles. The van der Waals surface area contributed by atoms with Gasteiger partial charge in [0, 0.05) is 18.0 Å². The van der Waals surface area contributed by atoms with Crippen LogP contribution < -0.4 is 9.47 Å². The maximum atomic E-state index is 13.0. The first-order valence-corrected chi connectivity index (χ1v) is 9.90. The Balaban J connectivity index is 1.24. The molecule has 1 fully saturated rings. The lowest BCUT2D eigenvalue weighted by molar-refractivity contribution is -0.139. The largest absolute Gasteiger partial charge is 0.463 e. The number of benzene rings is 2. The maximum Gasteiger partial charge on any atom is 0.273 e. The van der Waals surface area contributed by atoms with Gasteiger partial charge >= 0.3 is 0 Å². The van der Waals surface area contributed by atoms with E-state index in [4.69, 9.17) is 9.47 Å². The minimum atomic E-state index is -0.301. The predicted molar refractivity (Wildman–Crippen MR) is 104 cm³/mol. The fourth-order valence-electron chi connectivity index (χ4n) is 2.94. The normalized spacial score (nSPS) is 13.8. The molecular formula is C21H19FN2O3S. The van der Waals surface area contributed by atoms with Gasteiger partial charge in [0.15, 0.2) is 0 Å². The number of carbonyl (C=O) groups excluding carboxylic acids is 1. The van der Waals surface area contributed by atoms with Crippen LogP contribution in [0.3, 0.4) is 0 Å². The highest BCUT2D eigenvalue weighted by Gasteiger charge is 2.32. The Morgan fingerprint density at radius 3 is 2.75 bits per heavy atom. The number of carbonyl (C=O) groups is 1. The van der Waals surface area contributed by atoms with Crippen molar-refractivity contribution in [2.24, 2.45) is 0 Å². The second-order valence-corrected chi connectivity index (χ2v) is 7.40. The van der Waals surface area contributed by atoms with Crippen molar-refractivity contribution in [3.8, 4) is 16.7 Å². The minimum Gasteiger partial charge on any atom is -0.463 e. The van der Waals surface area contributed by atoms with Crippen molar-refractivity contribution in [3.05, 3.63) is 71.5 Å². The molecule has 0 radical (unpaired) electrons. The van der Waals surface area contributed by atoms with Crippen LogP contribution in [0.2, 0.25) is 0 Å². The van der Waals surface area contributed by atoms with Crippen LogP contribution in [0.15, 0.2) is 60.1 Å². The smallest absolute Gasteiger partial charge is 0.273 e. The van der Waals surface area contributed by atoms with E-state index in [9.17, 15) is 9.18 Å². The maximum absolute atomic E-state index is 13.0. The molecule has 1 aliphatic heterocycles. The van der Waals surface area contributed by atoms with Gasteiger partial charge in [0.05, 0.1) is 13.1 Å². The van der Waals surface area contributed by atoms with Gasteiger partial charge < -0.3 is 14.4 Å². The number of aromatic nitrogens is 1. The van der Waals surface area contributed by atoms with Crippen LogP contribution in [-0.2, 0) is 11.2 Å². The summed E-state index contributed by atoms with van der Waals surface area (Å²) in [6.45, 7) is 1.21. The number of nitrogens with zero attached hydrogens (tertiary/aromatic N) is 2. The Bertz CT molecular complexity index is 925. The van der Waals surface area contributed by atoms with Crippen LogP contribution >= 0.6 is 11.3 Å². The van der Waals surface area contributed by atoms with E-state index in [1.165, 1.54) is 23.5 Å². The van der Waals surface area contributed by atoms with E-state index in [-0.39, 0.29) is 17.8 Å². The molecule has 2 aromatic carbocycles. The lowest BCUT2D eigenvalue weighted by Gasteiger charge is -2.38. The second kappa shape index (κ2) is 8.39. The van der Waals surface area contributed by atoms with Gasteiger partial charge in [-0.1, -0.05) is 23.5 Å². The topological polar surface area (TPSA) is 51.7 Å². The van der Waals surface area contributed by atoms with Crippen molar-refractivity contribution in [2.45, 2.75) is 18.9 Å². The Hall–Kier alpha value is -2.93. The van der Waals surface area contributed by atoms with Gasteiger partial charge in [-0.25, -0.2) is 9.37 Å². The third kappa shape index (κ3) is 4.67. The number of hydrogen-bond donors (Lipinski definition) is 0. The van der Waals surface area contributed by atoms with Crippen molar-refractivity contribution in [3.63, 3.8) is 0 Å². The van der Waals surface area contributed by atoms with Crippen LogP contribution in [0.5, 0.6) is 16.7 Å². The average Bonchev–Trinajstić information content (AvgIpc) is 3.18. The van der Waals surface area contributed by atoms with Gasteiger partial charge in [0.25, 0.3) is 5.19 Å². The van der Waals surface area contributed by atoms with E-state index < -0.39 is 0 Å². The zero-order valence-electron chi connectivity index (χ0n) is 15.1. The Morgan fingerprint density at radius 2 is 2.00 bits per heavy atom. The standard InChI is InChI=1S/C21H19FN2O3S/c22-16-5-7-17(8-6-16)26-18-3-1-2-15(12-18)4-9-20(25)24-13-19(14-24)27-21-23-10-11-28-21/h1-3,5-8,10-12,19H,4,9,13-14H2. The van der Waals surface area contributed by atoms with Crippen LogP contribution in [0, 0.1) is 5.82 Å². The van der Waals surface area contributed by atoms with E-state index in [1.807, 2.05) is 29.6 Å². The van der Waals surface area contributed by atoms with Crippen molar-refractivity contribution in [1.82, 2.24) is 9.88 Å². The monoisotopic (exact) mass is 398 g/mol. The highest BCUT2D eigenvalue weighted by atomic mass is 32.1. The third-order valence-corrected chi connectivity index (χ3v) is 5.11. The number of aryl methyl sites for hydroxylation is 1. The molecule has 144 valence electrons. The molecule has 0 N–H and O–H groups in total. The van der Waals surface area contributed by atoms with E-state index in [0.717, 1.165) is 5.56 Å². The molecule has 0 saturated carbocycles. The van der Waals surface area contributed by atoms with Crippen LogP contribution in [0.4, 0.5) is 4.39 Å². The molecule has 0 unspecified atom stereocenters. The molecule has 5 nitrogen and oxygen atoms in total. The molecule has 1 saturated heterocycles. The molecular weight excluding hydrogens is 379 g/mol. The van der Waals surface area contributed by atoms with Crippen LogP contribution in [-0.4, -0.2) is 35.0 Å². The number of rotatable bonds is 7. The molecule has 4 rings (SSSR count). The summed E-state index contributed by atoms with van der Waals surface area (Å²) in [5.41, 5.74) is 1.02. The first-order chi connectivity index (χ1) is 13.7. The predicted octanol–water partition coefficient (Wildman–Crippen LogP) is 4.30. The molecule has 3 aromatic rings. The summed E-state index contributed by atoms with van der Waals surface area (Å²) in [6, 6.07) is 13.5. The number of halogens is 1. The number of amides is 1. The Labute approximate surface area is 166 Å².